The second-order valence-electron chi connectivity index (χ2n) is 6.47. The van der Waals surface area contributed by atoms with Gasteiger partial charge in [0.2, 0.25) is 0 Å². The van der Waals surface area contributed by atoms with Crippen molar-refractivity contribution in [3.63, 3.8) is 0 Å². The summed E-state index contributed by atoms with van der Waals surface area (Å²) in [6.07, 6.45) is 0. The molecule has 0 fully saturated rings. The van der Waals surface area contributed by atoms with Gasteiger partial charge in [-0.05, 0) is 59.3 Å². The number of esters is 1. The third-order valence-corrected chi connectivity index (χ3v) is 4.85. The fourth-order valence-electron chi connectivity index (χ4n) is 2.71. The Morgan fingerprint density at radius 3 is 2.30 bits per heavy atom. The van der Waals surface area contributed by atoms with Gasteiger partial charge in [0, 0.05) is 10.0 Å². The average molecular weight is 467 g/mol. The molecule has 0 saturated heterocycles. The van der Waals surface area contributed by atoms with Gasteiger partial charge >= 0.3 is 5.97 Å². The number of anilines is 2. The number of para-hydroxylation sites is 2. The molecule has 0 heterocycles. The van der Waals surface area contributed by atoms with Crippen LogP contribution < -0.4 is 10.6 Å². The number of halogens is 1. The number of nitrogens with one attached hydrogen (secondary N) is 2. The van der Waals surface area contributed by atoms with E-state index in [0.29, 0.717) is 21.4 Å². The maximum Gasteiger partial charge on any atom is 0.340 e. The average Bonchev–Trinajstić information content (AvgIpc) is 2.74. The molecule has 3 rings (SSSR count). The minimum Gasteiger partial charge on any atom is -0.452 e. The third-order valence-electron chi connectivity index (χ3n) is 4.16. The summed E-state index contributed by atoms with van der Waals surface area (Å²) in [6.45, 7) is 1.43. The molecular formula is C23H19BrN2O4. The van der Waals surface area contributed by atoms with Gasteiger partial charge in [-0.25, -0.2) is 4.79 Å². The zero-order valence-electron chi connectivity index (χ0n) is 16.1. The summed E-state index contributed by atoms with van der Waals surface area (Å²) in [4.78, 5) is 37.1. The lowest BCUT2D eigenvalue weighted by molar-refractivity contribution is -0.119. The molecule has 0 radical (unpaired) electrons. The van der Waals surface area contributed by atoms with Crippen molar-refractivity contribution in [2.45, 2.75) is 6.92 Å². The van der Waals surface area contributed by atoms with E-state index in [1.54, 1.807) is 54.6 Å². The van der Waals surface area contributed by atoms with Crippen LogP contribution in [0.2, 0.25) is 0 Å². The lowest BCUT2D eigenvalue weighted by atomic mass is 10.1. The summed E-state index contributed by atoms with van der Waals surface area (Å²) in [5.74, 6) is -1.53. The van der Waals surface area contributed by atoms with Crippen LogP contribution in [0.5, 0.6) is 0 Å². The van der Waals surface area contributed by atoms with E-state index >= 15 is 0 Å². The quantitative estimate of drug-likeness (QED) is 0.510. The Morgan fingerprint density at radius 2 is 1.57 bits per heavy atom. The molecule has 0 aliphatic heterocycles. The number of hydrogen-bond donors (Lipinski definition) is 2. The molecule has 2 amide bonds. The van der Waals surface area contributed by atoms with Gasteiger partial charge in [-0.15, -0.1) is 0 Å². The van der Waals surface area contributed by atoms with E-state index in [2.05, 4.69) is 26.6 Å². The van der Waals surface area contributed by atoms with Crippen molar-refractivity contribution in [2.75, 3.05) is 17.2 Å². The number of ether oxygens (including phenoxy) is 1. The highest BCUT2D eigenvalue weighted by Crippen LogP contribution is 2.21. The molecule has 0 bridgehead atoms. The maximum absolute atomic E-state index is 12.5. The molecule has 7 heteroatoms. The number of benzene rings is 3. The summed E-state index contributed by atoms with van der Waals surface area (Å²) in [7, 11) is 0. The van der Waals surface area contributed by atoms with Crippen LogP contribution in [0.4, 0.5) is 11.4 Å². The summed E-state index contributed by atoms with van der Waals surface area (Å²) >= 11 is 3.33. The Morgan fingerprint density at radius 1 is 0.867 bits per heavy atom. The molecule has 3 aromatic rings. The first-order valence-corrected chi connectivity index (χ1v) is 9.92. The topological polar surface area (TPSA) is 84.5 Å². The van der Waals surface area contributed by atoms with E-state index < -0.39 is 18.5 Å². The Balaban J connectivity index is 1.64. The highest BCUT2D eigenvalue weighted by Gasteiger charge is 2.17. The lowest BCUT2D eigenvalue weighted by Gasteiger charge is -2.12. The molecule has 0 unspecified atom stereocenters. The Labute approximate surface area is 182 Å². The number of carbonyl (C=O) groups is 3. The molecule has 6 nitrogen and oxygen atoms in total. The molecule has 30 heavy (non-hydrogen) atoms. The Hall–Kier alpha value is -3.45. The predicted molar refractivity (Wildman–Crippen MR) is 119 cm³/mol. The zero-order chi connectivity index (χ0) is 21.5. The zero-order valence-corrected chi connectivity index (χ0v) is 17.7. The molecule has 0 aromatic heterocycles. The minimum absolute atomic E-state index is 0.159. The van der Waals surface area contributed by atoms with Crippen LogP contribution in [0.15, 0.2) is 77.3 Å². The molecule has 0 aliphatic carbocycles. The lowest BCUT2D eigenvalue weighted by Crippen LogP contribution is -2.22. The number of aryl methyl sites for hydroxylation is 1. The molecule has 0 spiro atoms. The summed E-state index contributed by atoms with van der Waals surface area (Å²) in [5, 5.41) is 5.38. The Kier molecular flexibility index (Phi) is 6.98. The largest absolute Gasteiger partial charge is 0.452 e. The second-order valence-corrected chi connectivity index (χ2v) is 7.33. The number of amides is 2. The van der Waals surface area contributed by atoms with Crippen molar-refractivity contribution in [3.8, 4) is 0 Å². The van der Waals surface area contributed by atoms with Crippen LogP contribution in [0, 0.1) is 6.92 Å². The van der Waals surface area contributed by atoms with Crippen LogP contribution in [0.25, 0.3) is 0 Å². The highest BCUT2D eigenvalue weighted by atomic mass is 79.9. The van der Waals surface area contributed by atoms with Crippen LogP contribution in [0.1, 0.15) is 26.3 Å². The standard InChI is InChI=1S/C23H19BrN2O4/c1-15-7-6-8-16(13-15)22(28)26-19-11-4-2-9-17(19)23(29)30-14-21(27)25-20-12-5-3-10-18(20)24/h2-13H,14H2,1H3,(H,25,27)(H,26,28). The predicted octanol–water partition coefficient (Wildman–Crippen LogP) is 4.81. The van der Waals surface area contributed by atoms with E-state index in [0.717, 1.165) is 5.56 Å². The van der Waals surface area contributed by atoms with Gasteiger partial charge in [-0.3, -0.25) is 9.59 Å². The SMILES string of the molecule is Cc1cccc(C(=O)Nc2ccccc2C(=O)OCC(=O)Nc2ccccc2Br)c1. The third kappa shape index (κ3) is 5.55. The number of rotatable bonds is 6. The van der Waals surface area contributed by atoms with Crippen LogP contribution in [-0.4, -0.2) is 24.4 Å². The molecular weight excluding hydrogens is 448 g/mol. The van der Waals surface area contributed by atoms with Gasteiger partial charge in [-0.2, -0.15) is 0 Å². The summed E-state index contributed by atoms with van der Waals surface area (Å²) in [6, 6.07) is 20.7. The molecule has 152 valence electrons. The van der Waals surface area contributed by atoms with Crippen LogP contribution in [-0.2, 0) is 9.53 Å². The molecule has 3 aromatic carbocycles. The highest BCUT2D eigenvalue weighted by molar-refractivity contribution is 9.10. The van der Waals surface area contributed by atoms with Crippen molar-refractivity contribution >= 4 is 45.1 Å². The van der Waals surface area contributed by atoms with Crippen molar-refractivity contribution < 1.29 is 19.1 Å². The van der Waals surface area contributed by atoms with E-state index in [-0.39, 0.29) is 11.5 Å². The summed E-state index contributed by atoms with van der Waals surface area (Å²) < 4.78 is 5.85. The summed E-state index contributed by atoms with van der Waals surface area (Å²) in [5.41, 5.74) is 2.47. The van der Waals surface area contributed by atoms with Gasteiger partial charge in [0.05, 0.1) is 16.9 Å². The van der Waals surface area contributed by atoms with Gasteiger partial charge in [0.15, 0.2) is 6.61 Å². The van der Waals surface area contributed by atoms with E-state index in [1.165, 1.54) is 6.07 Å². The first-order chi connectivity index (χ1) is 14.4. The molecule has 0 atom stereocenters. The molecule has 0 saturated carbocycles. The molecule has 0 aliphatic rings. The van der Waals surface area contributed by atoms with Crippen molar-refractivity contribution in [3.05, 3.63) is 94.0 Å². The Bertz CT molecular complexity index is 1100. The smallest absolute Gasteiger partial charge is 0.340 e. The number of carbonyl (C=O) groups excluding carboxylic acids is 3. The fraction of sp³-hybridized carbons (Fsp3) is 0.0870. The number of hydrogen-bond acceptors (Lipinski definition) is 4. The van der Waals surface area contributed by atoms with Crippen molar-refractivity contribution in [2.24, 2.45) is 0 Å². The van der Waals surface area contributed by atoms with Gasteiger partial charge in [0.1, 0.15) is 0 Å². The second kappa shape index (κ2) is 9.84. The van der Waals surface area contributed by atoms with E-state index in [1.807, 2.05) is 19.1 Å². The fourth-order valence-corrected chi connectivity index (χ4v) is 3.09. The van der Waals surface area contributed by atoms with E-state index in [9.17, 15) is 14.4 Å². The minimum atomic E-state index is -0.711. The van der Waals surface area contributed by atoms with E-state index in [4.69, 9.17) is 4.74 Å². The first kappa shape index (κ1) is 21.3. The van der Waals surface area contributed by atoms with Crippen LogP contribution in [0.3, 0.4) is 0 Å². The van der Waals surface area contributed by atoms with Gasteiger partial charge < -0.3 is 15.4 Å². The first-order valence-electron chi connectivity index (χ1n) is 9.12. The monoisotopic (exact) mass is 466 g/mol. The normalized spacial score (nSPS) is 10.2. The van der Waals surface area contributed by atoms with Gasteiger partial charge in [0.25, 0.3) is 11.8 Å². The van der Waals surface area contributed by atoms with Gasteiger partial charge in [-0.1, -0.05) is 42.0 Å². The molecule has 2 N–H and O–H groups in total. The van der Waals surface area contributed by atoms with Crippen molar-refractivity contribution in [1.29, 1.82) is 0 Å². The van der Waals surface area contributed by atoms with Crippen LogP contribution >= 0.6 is 15.9 Å². The van der Waals surface area contributed by atoms with Crippen molar-refractivity contribution in [1.82, 2.24) is 0 Å². The maximum atomic E-state index is 12.5.